The SMILES string of the molecule is CN[C@H]1C[C@@H](c2cccc(Cl)c2)Cc2ccccc21. The quantitative estimate of drug-likeness (QED) is 0.857. The standard InChI is InChI=1S/C17H18ClN/c1-19-17-11-14(12-6-4-7-15(18)10-12)9-13-5-2-3-8-16(13)17/h2-8,10,14,17,19H,9,11H2,1H3/t14-,17-/m0/s1. The van der Waals surface area contributed by atoms with Crippen LogP contribution in [0.3, 0.4) is 0 Å². The number of benzene rings is 2. The lowest BCUT2D eigenvalue weighted by Crippen LogP contribution is -2.25. The molecule has 0 radical (unpaired) electrons. The van der Waals surface area contributed by atoms with Crippen LogP contribution in [0, 0.1) is 0 Å². The number of fused-ring (bicyclic) bond motifs is 1. The topological polar surface area (TPSA) is 12.0 Å². The summed E-state index contributed by atoms with van der Waals surface area (Å²) in [4.78, 5) is 0. The van der Waals surface area contributed by atoms with Gasteiger partial charge in [0.1, 0.15) is 0 Å². The van der Waals surface area contributed by atoms with E-state index in [-0.39, 0.29) is 0 Å². The van der Waals surface area contributed by atoms with Crippen molar-refractivity contribution in [3.63, 3.8) is 0 Å². The smallest absolute Gasteiger partial charge is 0.0408 e. The molecule has 0 saturated heterocycles. The molecule has 0 bridgehead atoms. The van der Waals surface area contributed by atoms with Crippen molar-refractivity contribution in [3.05, 3.63) is 70.2 Å². The van der Waals surface area contributed by atoms with Crippen molar-refractivity contribution in [1.29, 1.82) is 0 Å². The maximum absolute atomic E-state index is 6.12. The summed E-state index contributed by atoms with van der Waals surface area (Å²) in [5, 5.41) is 4.27. The molecule has 0 aromatic heterocycles. The van der Waals surface area contributed by atoms with Crippen molar-refractivity contribution in [3.8, 4) is 0 Å². The lowest BCUT2D eigenvalue weighted by atomic mass is 9.77. The minimum atomic E-state index is 0.439. The van der Waals surface area contributed by atoms with Crippen molar-refractivity contribution >= 4 is 11.6 Å². The third-order valence-corrected chi connectivity index (χ3v) is 4.32. The second-order valence-electron chi connectivity index (χ2n) is 5.23. The number of nitrogens with one attached hydrogen (secondary N) is 1. The van der Waals surface area contributed by atoms with Crippen LogP contribution in [-0.4, -0.2) is 7.05 Å². The van der Waals surface area contributed by atoms with Crippen LogP contribution in [0.25, 0.3) is 0 Å². The monoisotopic (exact) mass is 271 g/mol. The second-order valence-corrected chi connectivity index (χ2v) is 5.67. The maximum Gasteiger partial charge on any atom is 0.0408 e. The molecule has 2 aromatic carbocycles. The third-order valence-electron chi connectivity index (χ3n) is 4.09. The van der Waals surface area contributed by atoms with Gasteiger partial charge in [-0.05, 0) is 54.6 Å². The second kappa shape index (κ2) is 5.36. The van der Waals surface area contributed by atoms with E-state index in [2.05, 4.69) is 41.7 Å². The van der Waals surface area contributed by atoms with Crippen LogP contribution in [0.15, 0.2) is 48.5 Å². The van der Waals surface area contributed by atoms with Gasteiger partial charge in [0.2, 0.25) is 0 Å². The van der Waals surface area contributed by atoms with E-state index >= 15 is 0 Å². The highest BCUT2D eigenvalue weighted by atomic mass is 35.5. The summed E-state index contributed by atoms with van der Waals surface area (Å²) in [6, 6.07) is 17.5. The van der Waals surface area contributed by atoms with Crippen LogP contribution < -0.4 is 5.32 Å². The summed E-state index contributed by atoms with van der Waals surface area (Å²) in [6.45, 7) is 0. The summed E-state index contributed by atoms with van der Waals surface area (Å²) < 4.78 is 0. The molecular weight excluding hydrogens is 254 g/mol. The molecule has 0 unspecified atom stereocenters. The fraction of sp³-hybridized carbons (Fsp3) is 0.294. The van der Waals surface area contributed by atoms with Gasteiger partial charge in [-0.2, -0.15) is 0 Å². The Labute approximate surface area is 119 Å². The molecule has 0 spiro atoms. The average Bonchev–Trinajstić information content (AvgIpc) is 2.46. The van der Waals surface area contributed by atoms with Gasteiger partial charge < -0.3 is 5.32 Å². The highest BCUT2D eigenvalue weighted by Gasteiger charge is 2.26. The molecule has 1 aliphatic carbocycles. The molecule has 0 heterocycles. The van der Waals surface area contributed by atoms with Gasteiger partial charge in [-0.1, -0.05) is 48.0 Å². The first-order valence-corrected chi connectivity index (χ1v) is 7.16. The Hall–Kier alpha value is -1.31. The van der Waals surface area contributed by atoms with E-state index in [1.807, 2.05) is 19.2 Å². The highest BCUT2D eigenvalue weighted by molar-refractivity contribution is 6.30. The Morgan fingerprint density at radius 1 is 1.11 bits per heavy atom. The van der Waals surface area contributed by atoms with Crippen molar-refractivity contribution in [2.24, 2.45) is 0 Å². The fourth-order valence-corrected chi connectivity index (χ4v) is 3.31. The summed E-state index contributed by atoms with van der Waals surface area (Å²) in [5.41, 5.74) is 4.25. The van der Waals surface area contributed by atoms with Gasteiger partial charge in [-0.25, -0.2) is 0 Å². The zero-order valence-electron chi connectivity index (χ0n) is 11.1. The minimum Gasteiger partial charge on any atom is -0.313 e. The number of rotatable bonds is 2. The van der Waals surface area contributed by atoms with Crippen LogP contribution in [0.5, 0.6) is 0 Å². The van der Waals surface area contributed by atoms with Gasteiger partial charge in [-0.15, -0.1) is 0 Å². The number of halogens is 1. The minimum absolute atomic E-state index is 0.439. The molecule has 98 valence electrons. The first-order chi connectivity index (χ1) is 9.28. The lowest BCUT2D eigenvalue weighted by Gasteiger charge is -2.31. The van der Waals surface area contributed by atoms with Gasteiger partial charge in [0.15, 0.2) is 0 Å². The molecular formula is C17H18ClN. The molecule has 2 heteroatoms. The summed E-state index contributed by atoms with van der Waals surface area (Å²) in [5.74, 6) is 0.547. The van der Waals surface area contributed by atoms with Crippen LogP contribution >= 0.6 is 11.6 Å². The van der Waals surface area contributed by atoms with Crippen LogP contribution in [-0.2, 0) is 6.42 Å². The summed E-state index contributed by atoms with van der Waals surface area (Å²) in [6.07, 6.45) is 2.24. The number of hydrogen-bond donors (Lipinski definition) is 1. The van der Waals surface area contributed by atoms with Gasteiger partial charge in [0.25, 0.3) is 0 Å². The van der Waals surface area contributed by atoms with Gasteiger partial charge in [0, 0.05) is 11.1 Å². The average molecular weight is 272 g/mol. The maximum atomic E-state index is 6.12. The molecule has 0 saturated carbocycles. The van der Waals surface area contributed by atoms with E-state index in [1.54, 1.807) is 0 Å². The van der Waals surface area contributed by atoms with E-state index in [0.29, 0.717) is 12.0 Å². The van der Waals surface area contributed by atoms with E-state index in [0.717, 1.165) is 17.9 Å². The first-order valence-electron chi connectivity index (χ1n) is 6.78. The lowest BCUT2D eigenvalue weighted by molar-refractivity contribution is 0.449. The Morgan fingerprint density at radius 2 is 1.95 bits per heavy atom. The molecule has 0 aliphatic heterocycles. The van der Waals surface area contributed by atoms with E-state index in [9.17, 15) is 0 Å². The Kier molecular flexibility index (Phi) is 3.58. The zero-order valence-corrected chi connectivity index (χ0v) is 11.8. The summed E-state index contributed by atoms with van der Waals surface area (Å²) >= 11 is 6.12. The predicted molar refractivity (Wildman–Crippen MR) is 80.8 cm³/mol. The Bertz CT molecular complexity index is 579. The van der Waals surface area contributed by atoms with E-state index in [1.165, 1.54) is 16.7 Å². The van der Waals surface area contributed by atoms with E-state index < -0.39 is 0 Å². The molecule has 3 rings (SSSR count). The van der Waals surface area contributed by atoms with Crippen LogP contribution in [0.4, 0.5) is 0 Å². The molecule has 1 nitrogen and oxygen atoms in total. The van der Waals surface area contributed by atoms with Crippen molar-refractivity contribution in [2.75, 3.05) is 7.05 Å². The Morgan fingerprint density at radius 3 is 2.74 bits per heavy atom. The number of hydrogen-bond acceptors (Lipinski definition) is 1. The largest absolute Gasteiger partial charge is 0.313 e. The van der Waals surface area contributed by atoms with Crippen LogP contribution in [0.1, 0.15) is 35.1 Å². The molecule has 1 N–H and O–H groups in total. The molecule has 2 aromatic rings. The normalized spacial score (nSPS) is 22.0. The predicted octanol–water partition coefficient (Wildman–Crippen LogP) is 4.33. The highest BCUT2D eigenvalue weighted by Crippen LogP contribution is 2.38. The van der Waals surface area contributed by atoms with Gasteiger partial charge >= 0.3 is 0 Å². The molecule has 0 fully saturated rings. The van der Waals surface area contributed by atoms with Crippen molar-refractivity contribution in [2.45, 2.75) is 24.8 Å². The molecule has 2 atom stereocenters. The summed E-state index contributed by atoms with van der Waals surface area (Å²) in [7, 11) is 2.04. The fourth-order valence-electron chi connectivity index (χ4n) is 3.11. The molecule has 19 heavy (non-hydrogen) atoms. The molecule has 0 amide bonds. The molecule has 1 aliphatic rings. The van der Waals surface area contributed by atoms with Gasteiger partial charge in [0.05, 0.1) is 0 Å². The van der Waals surface area contributed by atoms with E-state index in [4.69, 9.17) is 11.6 Å². The third kappa shape index (κ3) is 2.54. The van der Waals surface area contributed by atoms with Crippen molar-refractivity contribution < 1.29 is 0 Å². The zero-order chi connectivity index (χ0) is 13.2. The Balaban J connectivity index is 1.95. The van der Waals surface area contributed by atoms with Crippen LogP contribution in [0.2, 0.25) is 5.02 Å². The van der Waals surface area contributed by atoms with Gasteiger partial charge in [-0.3, -0.25) is 0 Å². The first kappa shape index (κ1) is 12.7. The van der Waals surface area contributed by atoms with Crippen molar-refractivity contribution in [1.82, 2.24) is 5.32 Å².